The Morgan fingerprint density at radius 3 is 3.21 bits per heavy atom. The number of ether oxygens (including phenoxy) is 1. The molecule has 2 N–H and O–H groups in total. The average Bonchev–Trinajstić information content (AvgIpc) is 2.86. The second kappa shape index (κ2) is 3.79. The van der Waals surface area contributed by atoms with Gasteiger partial charge in [-0.05, 0) is 19.0 Å². The number of carbonyl (C=O) groups is 1. The molecule has 1 aromatic rings. The lowest BCUT2D eigenvalue weighted by Gasteiger charge is -2.02. The maximum absolute atomic E-state index is 11.1. The smallest absolute Gasteiger partial charge is 0.358 e. The molecule has 5 heteroatoms. The van der Waals surface area contributed by atoms with Crippen LogP contribution in [0.25, 0.3) is 0 Å². The summed E-state index contributed by atoms with van der Waals surface area (Å²) in [5, 5.41) is 10.0. The molecule has 0 aromatic carbocycles. The van der Waals surface area contributed by atoms with Gasteiger partial charge in [-0.25, -0.2) is 4.79 Å². The van der Waals surface area contributed by atoms with Crippen molar-refractivity contribution in [2.75, 3.05) is 20.2 Å². The van der Waals surface area contributed by atoms with Crippen LogP contribution < -0.4 is 5.32 Å². The van der Waals surface area contributed by atoms with Crippen molar-refractivity contribution in [2.24, 2.45) is 0 Å². The molecule has 0 spiro atoms. The number of H-pyrrole nitrogens is 1. The fraction of sp³-hybridized carbons (Fsp3) is 0.556. The molecule has 1 aromatic heterocycles. The lowest BCUT2D eigenvalue weighted by atomic mass is 10.1. The number of aromatic nitrogens is 2. The van der Waals surface area contributed by atoms with Gasteiger partial charge in [-0.1, -0.05) is 0 Å². The Hall–Kier alpha value is -1.36. The molecule has 14 heavy (non-hydrogen) atoms. The molecule has 1 aliphatic heterocycles. The van der Waals surface area contributed by atoms with Crippen LogP contribution in [0.15, 0.2) is 6.07 Å². The summed E-state index contributed by atoms with van der Waals surface area (Å²) in [5.74, 6) is 0.0550. The summed E-state index contributed by atoms with van der Waals surface area (Å²) in [6.45, 7) is 1.97. The zero-order valence-electron chi connectivity index (χ0n) is 8.04. The molecule has 0 saturated carbocycles. The van der Waals surface area contributed by atoms with Gasteiger partial charge in [0.05, 0.1) is 7.11 Å². The molecule has 0 amide bonds. The molecule has 1 fully saturated rings. The monoisotopic (exact) mass is 195 g/mol. The van der Waals surface area contributed by atoms with Crippen LogP contribution in [0.4, 0.5) is 0 Å². The molecule has 2 rings (SSSR count). The fourth-order valence-corrected chi connectivity index (χ4v) is 1.68. The zero-order chi connectivity index (χ0) is 9.97. The Morgan fingerprint density at radius 2 is 2.57 bits per heavy atom. The lowest BCUT2D eigenvalue weighted by molar-refractivity contribution is 0.0594. The van der Waals surface area contributed by atoms with Gasteiger partial charge in [0.15, 0.2) is 5.69 Å². The van der Waals surface area contributed by atoms with Crippen LogP contribution in [-0.4, -0.2) is 36.4 Å². The van der Waals surface area contributed by atoms with E-state index in [2.05, 4.69) is 20.3 Å². The fourth-order valence-electron chi connectivity index (χ4n) is 1.68. The number of rotatable bonds is 2. The highest BCUT2D eigenvalue weighted by atomic mass is 16.5. The minimum atomic E-state index is -0.390. The van der Waals surface area contributed by atoms with Gasteiger partial charge in [-0.15, -0.1) is 0 Å². The summed E-state index contributed by atoms with van der Waals surface area (Å²) in [4.78, 5) is 11.1. The minimum Gasteiger partial charge on any atom is -0.464 e. The molecule has 1 atom stereocenters. The van der Waals surface area contributed by atoms with E-state index >= 15 is 0 Å². The summed E-state index contributed by atoms with van der Waals surface area (Å²) < 4.78 is 4.58. The van der Waals surface area contributed by atoms with Crippen molar-refractivity contribution < 1.29 is 9.53 Å². The number of aromatic amines is 1. The van der Waals surface area contributed by atoms with Crippen molar-refractivity contribution in [3.8, 4) is 0 Å². The van der Waals surface area contributed by atoms with Gasteiger partial charge in [-0.3, -0.25) is 5.10 Å². The third kappa shape index (κ3) is 1.63. The molecule has 5 nitrogen and oxygen atoms in total. The molecule has 76 valence electrons. The Bertz CT molecular complexity index is 329. The van der Waals surface area contributed by atoms with Crippen LogP contribution >= 0.6 is 0 Å². The number of hydrogen-bond acceptors (Lipinski definition) is 4. The number of carbonyl (C=O) groups excluding carboxylic acids is 1. The van der Waals surface area contributed by atoms with E-state index in [1.807, 2.05) is 0 Å². The highest BCUT2D eigenvalue weighted by Crippen LogP contribution is 2.20. The topological polar surface area (TPSA) is 67.0 Å². The third-order valence-electron chi connectivity index (χ3n) is 2.49. The van der Waals surface area contributed by atoms with Gasteiger partial charge >= 0.3 is 5.97 Å². The Kier molecular flexibility index (Phi) is 2.49. The lowest BCUT2D eigenvalue weighted by Crippen LogP contribution is -2.08. The quantitative estimate of drug-likeness (QED) is 0.665. The van der Waals surface area contributed by atoms with E-state index in [0.717, 1.165) is 25.2 Å². The predicted molar refractivity (Wildman–Crippen MR) is 50.2 cm³/mol. The van der Waals surface area contributed by atoms with Crippen LogP contribution in [0.1, 0.15) is 28.5 Å². The van der Waals surface area contributed by atoms with Crippen molar-refractivity contribution in [2.45, 2.75) is 12.3 Å². The second-order valence-electron chi connectivity index (χ2n) is 3.39. The first-order valence-electron chi connectivity index (χ1n) is 4.65. The highest BCUT2D eigenvalue weighted by molar-refractivity contribution is 5.87. The van der Waals surface area contributed by atoms with Crippen LogP contribution in [-0.2, 0) is 4.74 Å². The van der Waals surface area contributed by atoms with Gasteiger partial charge in [0, 0.05) is 18.2 Å². The Labute approximate surface area is 81.8 Å². The first-order valence-corrected chi connectivity index (χ1v) is 4.65. The summed E-state index contributed by atoms with van der Waals surface area (Å²) in [5.41, 5.74) is 1.37. The highest BCUT2D eigenvalue weighted by Gasteiger charge is 2.20. The standard InChI is InChI=1S/C9H13N3O2/c1-14-9(13)8-4-7(11-12-8)6-2-3-10-5-6/h4,6,10H,2-3,5H2,1H3,(H,11,12)/t6-/m1/s1. The van der Waals surface area contributed by atoms with Crippen LogP contribution in [0.3, 0.4) is 0 Å². The Morgan fingerprint density at radius 1 is 1.71 bits per heavy atom. The minimum absolute atomic E-state index is 0.356. The predicted octanol–water partition coefficient (Wildman–Crippen LogP) is 0.273. The van der Waals surface area contributed by atoms with Crippen molar-refractivity contribution in [3.63, 3.8) is 0 Å². The van der Waals surface area contributed by atoms with Gasteiger partial charge < -0.3 is 10.1 Å². The molecule has 2 heterocycles. The number of methoxy groups -OCH3 is 1. The van der Waals surface area contributed by atoms with Crippen molar-refractivity contribution >= 4 is 5.97 Å². The number of hydrogen-bond donors (Lipinski definition) is 2. The molecular formula is C9H13N3O2. The first-order chi connectivity index (χ1) is 6.81. The molecule has 0 radical (unpaired) electrons. The summed E-state index contributed by atoms with van der Waals surface area (Å²) in [6.07, 6.45) is 1.09. The molecule has 0 aliphatic carbocycles. The van der Waals surface area contributed by atoms with E-state index in [1.165, 1.54) is 7.11 Å². The van der Waals surface area contributed by atoms with Crippen LogP contribution in [0.2, 0.25) is 0 Å². The number of nitrogens with zero attached hydrogens (tertiary/aromatic N) is 1. The van der Waals surface area contributed by atoms with Gasteiger partial charge in [-0.2, -0.15) is 5.10 Å². The van der Waals surface area contributed by atoms with Gasteiger partial charge in [0.2, 0.25) is 0 Å². The number of nitrogens with one attached hydrogen (secondary N) is 2. The average molecular weight is 195 g/mol. The van der Waals surface area contributed by atoms with E-state index < -0.39 is 5.97 Å². The number of esters is 1. The van der Waals surface area contributed by atoms with E-state index in [-0.39, 0.29) is 0 Å². The third-order valence-corrected chi connectivity index (χ3v) is 2.49. The van der Waals surface area contributed by atoms with E-state index in [1.54, 1.807) is 6.07 Å². The van der Waals surface area contributed by atoms with Gasteiger partial charge in [0.1, 0.15) is 0 Å². The second-order valence-corrected chi connectivity index (χ2v) is 3.39. The summed E-state index contributed by atoms with van der Waals surface area (Å²) in [6, 6.07) is 1.77. The maximum atomic E-state index is 11.1. The molecule has 0 bridgehead atoms. The van der Waals surface area contributed by atoms with Crippen molar-refractivity contribution in [3.05, 3.63) is 17.5 Å². The maximum Gasteiger partial charge on any atom is 0.358 e. The largest absolute Gasteiger partial charge is 0.464 e. The van der Waals surface area contributed by atoms with E-state index in [0.29, 0.717) is 11.6 Å². The van der Waals surface area contributed by atoms with Crippen molar-refractivity contribution in [1.82, 2.24) is 15.5 Å². The molecular weight excluding hydrogens is 182 g/mol. The zero-order valence-corrected chi connectivity index (χ0v) is 8.04. The molecule has 1 saturated heterocycles. The Balaban J connectivity index is 2.12. The van der Waals surface area contributed by atoms with Crippen LogP contribution in [0.5, 0.6) is 0 Å². The first kappa shape index (κ1) is 9.21. The summed E-state index contributed by atoms with van der Waals surface area (Å²) in [7, 11) is 1.35. The summed E-state index contributed by atoms with van der Waals surface area (Å²) >= 11 is 0. The van der Waals surface area contributed by atoms with Crippen LogP contribution in [0, 0.1) is 0 Å². The molecule has 0 unspecified atom stereocenters. The molecule has 1 aliphatic rings. The normalized spacial score (nSPS) is 21.1. The SMILES string of the molecule is COC(=O)c1cc([C@@H]2CCNC2)[nH]n1. The van der Waals surface area contributed by atoms with E-state index in [4.69, 9.17) is 0 Å². The van der Waals surface area contributed by atoms with Crippen molar-refractivity contribution in [1.29, 1.82) is 0 Å². The van der Waals surface area contributed by atoms with Gasteiger partial charge in [0.25, 0.3) is 0 Å². The van der Waals surface area contributed by atoms with E-state index in [9.17, 15) is 4.79 Å².